The summed E-state index contributed by atoms with van der Waals surface area (Å²) >= 11 is 0. The third-order valence-corrected chi connectivity index (χ3v) is 3.55. The zero-order valence-corrected chi connectivity index (χ0v) is 14.2. The monoisotopic (exact) mass is 327 g/mol. The number of hydrogen-bond acceptors (Lipinski definition) is 3. The number of aliphatic imine (C=N–C) groups is 1. The number of phenolic OH excluding ortho intramolecular Hbond substituents is 1. The van der Waals surface area contributed by atoms with Gasteiger partial charge in [0.25, 0.3) is 0 Å². The summed E-state index contributed by atoms with van der Waals surface area (Å²) in [6.45, 7) is 4.09. The topological polar surface area (TPSA) is 65.9 Å². The van der Waals surface area contributed by atoms with E-state index in [0.29, 0.717) is 6.54 Å². The molecule has 0 heterocycles. The van der Waals surface area contributed by atoms with Crippen LogP contribution in [0.25, 0.3) is 0 Å². The molecule has 0 amide bonds. The molecule has 0 radical (unpaired) electrons. The third kappa shape index (κ3) is 5.50. The average molecular weight is 327 g/mol. The Hall–Kier alpha value is -2.69. The lowest BCUT2D eigenvalue weighted by atomic mass is 10.1. The van der Waals surface area contributed by atoms with E-state index < -0.39 is 0 Å². The van der Waals surface area contributed by atoms with E-state index >= 15 is 0 Å². The van der Waals surface area contributed by atoms with Gasteiger partial charge in [0.2, 0.25) is 0 Å². The fraction of sp³-hybridized carbons (Fsp3) is 0.316. The molecule has 24 heavy (non-hydrogen) atoms. The van der Waals surface area contributed by atoms with Crippen LogP contribution in [0.4, 0.5) is 0 Å². The quantitative estimate of drug-likeness (QED) is 0.540. The summed E-state index contributed by atoms with van der Waals surface area (Å²) in [5, 5.41) is 16.1. The molecule has 128 valence electrons. The molecule has 0 atom stereocenters. The molecular weight excluding hydrogens is 302 g/mol. The largest absolute Gasteiger partial charge is 0.508 e. The summed E-state index contributed by atoms with van der Waals surface area (Å²) < 4.78 is 5.37. The number of para-hydroxylation sites is 1. The van der Waals surface area contributed by atoms with Crippen LogP contribution >= 0.6 is 0 Å². The van der Waals surface area contributed by atoms with Crippen LogP contribution in [0.3, 0.4) is 0 Å². The van der Waals surface area contributed by atoms with Gasteiger partial charge >= 0.3 is 0 Å². The molecule has 5 heteroatoms. The van der Waals surface area contributed by atoms with Gasteiger partial charge in [0.1, 0.15) is 11.5 Å². The van der Waals surface area contributed by atoms with Gasteiger partial charge in [0.15, 0.2) is 5.96 Å². The van der Waals surface area contributed by atoms with E-state index in [2.05, 4.69) is 21.7 Å². The van der Waals surface area contributed by atoms with Crippen LogP contribution in [0.15, 0.2) is 53.5 Å². The van der Waals surface area contributed by atoms with Gasteiger partial charge in [-0.2, -0.15) is 0 Å². The lowest BCUT2D eigenvalue weighted by molar-refractivity contribution is 0.409. The molecule has 0 aromatic heterocycles. The first-order valence-electron chi connectivity index (χ1n) is 8.15. The van der Waals surface area contributed by atoms with E-state index in [4.69, 9.17) is 4.74 Å². The maximum absolute atomic E-state index is 9.51. The van der Waals surface area contributed by atoms with Crippen molar-refractivity contribution in [1.82, 2.24) is 10.6 Å². The van der Waals surface area contributed by atoms with Crippen molar-refractivity contribution in [2.45, 2.75) is 19.9 Å². The molecule has 0 saturated carbocycles. The zero-order valence-electron chi connectivity index (χ0n) is 14.2. The highest BCUT2D eigenvalue weighted by molar-refractivity contribution is 5.79. The maximum Gasteiger partial charge on any atom is 0.191 e. The Morgan fingerprint density at radius 2 is 1.96 bits per heavy atom. The third-order valence-electron chi connectivity index (χ3n) is 3.55. The number of aromatic hydroxyl groups is 1. The summed E-state index contributed by atoms with van der Waals surface area (Å²) in [6, 6.07) is 15.2. The molecule has 2 rings (SSSR count). The summed E-state index contributed by atoms with van der Waals surface area (Å²) in [5.41, 5.74) is 2.13. The molecule has 0 bridgehead atoms. The number of hydrogen-bond donors (Lipinski definition) is 3. The summed E-state index contributed by atoms with van der Waals surface area (Å²) in [7, 11) is 1.69. The molecule has 2 aromatic rings. The van der Waals surface area contributed by atoms with Crippen LogP contribution in [-0.2, 0) is 13.0 Å². The maximum atomic E-state index is 9.51. The van der Waals surface area contributed by atoms with Crippen LogP contribution in [0.2, 0.25) is 0 Å². The highest BCUT2D eigenvalue weighted by Crippen LogP contribution is 2.17. The van der Waals surface area contributed by atoms with Gasteiger partial charge in [0, 0.05) is 13.1 Å². The number of nitrogens with one attached hydrogen (secondary N) is 2. The van der Waals surface area contributed by atoms with Gasteiger partial charge in [0.05, 0.1) is 13.7 Å². The minimum absolute atomic E-state index is 0.261. The number of rotatable bonds is 7. The molecule has 2 aromatic carbocycles. The van der Waals surface area contributed by atoms with Gasteiger partial charge in [-0.3, -0.25) is 0 Å². The molecule has 0 aliphatic rings. The van der Waals surface area contributed by atoms with E-state index in [1.807, 2.05) is 37.3 Å². The van der Waals surface area contributed by atoms with E-state index in [0.717, 1.165) is 42.3 Å². The Kier molecular flexibility index (Phi) is 6.95. The Morgan fingerprint density at radius 3 is 2.71 bits per heavy atom. The van der Waals surface area contributed by atoms with E-state index in [9.17, 15) is 5.11 Å². The second kappa shape index (κ2) is 9.45. The van der Waals surface area contributed by atoms with Crippen molar-refractivity contribution in [2.75, 3.05) is 20.2 Å². The summed E-state index contributed by atoms with van der Waals surface area (Å²) in [6.07, 6.45) is 0.848. The molecular formula is C19H25N3O2. The van der Waals surface area contributed by atoms with Crippen LogP contribution in [0, 0.1) is 0 Å². The Labute approximate surface area is 143 Å². The van der Waals surface area contributed by atoms with Crippen LogP contribution in [0.5, 0.6) is 11.5 Å². The molecule has 0 fully saturated rings. The first-order valence-corrected chi connectivity index (χ1v) is 8.15. The normalized spacial score (nSPS) is 11.2. The van der Waals surface area contributed by atoms with Crippen LogP contribution < -0.4 is 15.4 Å². The zero-order chi connectivity index (χ0) is 17.2. The number of phenols is 1. The number of ether oxygens (including phenoxy) is 1. The highest BCUT2D eigenvalue weighted by Gasteiger charge is 2.03. The smallest absolute Gasteiger partial charge is 0.191 e. The Balaban J connectivity index is 1.92. The van der Waals surface area contributed by atoms with Crippen molar-refractivity contribution in [1.29, 1.82) is 0 Å². The number of methoxy groups -OCH3 is 1. The molecule has 0 saturated heterocycles. The van der Waals surface area contributed by atoms with Gasteiger partial charge < -0.3 is 20.5 Å². The lowest BCUT2D eigenvalue weighted by Gasteiger charge is -2.12. The molecule has 0 aliphatic carbocycles. The summed E-state index contributed by atoms with van der Waals surface area (Å²) in [4.78, 5) is 4.55. The Bertz CT molecular complexity index is 671. The fourth-order valence-corrected chi connectivity index (χ4v) is 2.39. The standard InChI is InChI=1S/C19H25N3O2/c1-3-20-19(22-14-15-7-6-9-17(23)13-15)21-12-11-16-8-4-5-10-18(16)24-2/h4-10,13,23H,3,11-12,14H2,1-2H3,(H2,20,21,22). The van der Waals surface area contributed by atoms with Gasteiger partial charge in [-0.05, 0) is 42.7 Å². The first kappa shape index (κ1) is 17.7. The average Bonchev–Trinajstić information content (AvgIpc) is 2.60. The minimum Gasteiger partial charge on any atom is -0.508 e. The van der Waals surface area contributed by atoms with Gasteiger partial charge in [-0.15, -0.1) is 0 Å². The van der Waals surface area contributed by atoms with E-state index in [1.165, 1.54) is 0 Å². The molecule has 5 nitrogen and oxygen atoms in total. The SMILES string of the molecule is CCNC(=NCc1cccc(O)c1)NCCc1ccccc1OC. The first-order chi connectivity index (χ1) is 11.7. The van der Waals surface area contributed by atoms with E-state index in [1.54, 1.807) is 19.2 Å². The second-order valence-electron chi connectivity index (χ2n) is 5.35. The predicted octanol–water partition coefficient (Wildman–Crippen LogP) is 2.70. The minimum atomic E-state index is 0.261. The second-order valence-corrected chi connectivity index (χ2v) is 5.35. The van der Waals surface area contributed by atoms with Crippen molar-refractivity contribution in [3.8, 4) is 11.5 Å². The van der Waals surface area contributed by atoms with Crippen LogP contribution in [-0.4, -0.2) is 31.3 Å². The predicted molar refractivity (Wildman–Crippen MR) is 97.6 cm³/mol. The molecule has 0 unspecified atom stereocenters. The van der Waals surface area contributed by atoms with Gasteiger partial charge in [-0.1, -0.05) is 30.3 Å². The van der Waals surface area contributed by atoms with Crippen molar-refractivity contribution >= 4 is 5.96 Å². The van der Waals surface area contributed by atoms with E-state index in [-0.39, 0.29) is 5.75 Å². The molecule has 0 aliphatic heterocycles. The van der Waals surface area contributed by atoms with Crippen molar-refractivity contribution in [3.05, 3.63) is 59.7 Å². The molecule has 3 N–H and O–H groups in total. The number of benzene rings is 2. The van der Waals surface area contributed by atoms with Crippen molar-refractivity contribution in [2.24, 2.45) is 4.99 Å². The lowest BCUT2D eigenvalue weighted by Crippen LogP contribution is -2.38. The van der Waals surface area contributed by atoms with Gasteiger partial charge in [-0.25, -0.2) is 4.99 Å². The summed E-state index contributed by atoms with van der Waals surface area (Å²) in [5.74, 6) is 1.92. The fourth-order valence-electron chi connectivity index (χ4n) is 2.39. The van der Waals surface area contributed by atoms with Crippen molar-refractivity contribution < 1.29 is 9.84 Å². The van der Waals surface area contributed by atoms with Crippen molar-refractivity contribution in [3.63, 3.8) is 0 Å². The number of guanidine groups is 1. The number of nitrogens with zero attached hydrogens (tertiary/aromatic N) is 1. The highest BCUT2D eigenvalue weighted by atomic mass is 16.5. The Morgan fingerprint density at radius 1 is 1.12 bits per heavy atom. The molecule has 0 spiro atoms. The van der Waals surface area contributed by atoms with Crippen LogP contribution in [0.1, 0.15) is 18.1 Å².